The van der Waals surface area contributed by atoms with Crippen molar-refractivity contribution in [3.63, 3.8) is 0 Å². The second kappa shape index (κ2) is 6.45. The van der Waals surface area contributed by atoms with Crippen molar-refractivity contribution in [2.45, 2.75) is 19.9 Å². The number of hydrogen-bond acceptors (Lipinski definition) is 3. The molecule has 1 N–H and O–H groups in total. The molecule has 0 saturated carbocycles. The monoisotopic (exact) mass is 346 g/mol. The Kier molecular flexibility index (Phi) is 4.90. The molecule has 1 aromatic heterocycles. The fraction of sp³-hybridized carbons (Fsp3) is 0.333. The van der Waals surface area contributed by atoms with Crippen LogP contribution in [-0.4, -0.2) is 21.5 Å². The van der Waals surface area contributed by atoms with Gasteiger partial charge in [-0.2, -0.15) is 0 Å². The molecule has 0 unspecified atom stereocenters. The van der Waals surface area contributed by atoms with Gasteiger partial charge in [0.2, 0.25) is 0 Å². The first-order valence-electron chi connectivity index (χ1n) is 5.88. The van der Waals surface area contributed by atoms with Gasteiger partial charge in [0, 0.05) is 11.0 Å². The van der Waals surface area contributed by atoms with Crippen LogP contribution in [0.25, 0.3) is 5.69 Å². The lowest BCUT2D eigenvalue weighted by Gasteiger charge is -2.10. The molecule has 102 valence electrons. The van der Waals surface area contributed by atoms with E-state index in [1.807, 2.05) is 0 Å². The van der Waals surface area contributed by atoms with E-state index in [1.54, 1.807) is 10.9 Å². The molecule has 0 fully saturated rings. The van der Waals surface area contributed by atoms with Gasteiger partial charge >= 0.3 is 0 Å². The normalized spacial score (nSPS) is 10.9. The van der Waals surface area contributed by atoms with Crippen LogP contribution in [0.4, 0.5) is 4.39 Å². The lowest BCUT2D eigenvalue weighted by atomic mass is 10.3. The maximum Gasteiger partial charge on any atom is 0.125 e. The molecule has 4 nitrogen and oxygen atoms in total. The molecule has 0 aliphatic rings. The maximum atomic E-state index is 13.2. The summed E-state index contributed by atoms with van der Waals surface area (Å²) in [5.74, 6) is -0.397. The fourth-order valence-electron chi connectivity index (χ4n) is 1.70. The van der Waals surface area contributed by atoms with Crippen molar-refractivity contribution in [3.05, 3.63) is 39.3 Å². The quantitative estimate of drug-likeness (QED) is 0.844. The minimum Gasteiger partial charge on any atom is -0.311 e. The second-order valence-corrected chi connectivity index (χ2v) is 5.29. The van der Waals surface area contributed by atoms with Crippen molar-refractivity contribution < 1.29 is 4.39 Å². The van der Waals surface area contributed by atoms with Gasteiger partial charge in [0.1, 0.15) is 5.82 Å². The Balaban J connectivity index is 2.35. The van der Waals surface area contributed by atoms with Gasteiger partial charge in [-0.15, -0.1) is 5.10 Å². The summed E-state index contributed by atoms with van der Waals surface area (Å²) in [6, 6.07) is 2.61. The van der Waals surface area contributed by atoms with E-state index in [1.165, 1.54) is 12.1 Å². The summed E-state index contributed by atoms with van der Waals surface area (Å²) in [7, 11) is 0. The maximum absolute atomic E-state index is 13.2. The minimum atomic E-state index is -0.397. The van der Waals surface area contributed by atoms with Crippen molar-refractivity contribution in [2.24, 2.45) is 0 Å². The molecule has 1 aromatic carbocycles. The van der Waals surface area contributed by atoms with E-state index in [0.29, 0.717) is 16.7 Å². The Morgan fingerprint density at radius 3 is 2.95 bits per heavy atom. The Morgan fingerprint density at radius 1 is 1.47 bits per heavy atom. The van der Waals surface area contributed by atoms with E-state index in [4.69, 9.17) is 11.6 Å². The van der Waals surface area contributed by atoms with E-state index in [0.717, 1.165) is 18.7 Å². The van der Waals surface area contributed by atoms with Crippen molar-refractivity contribution in [1.29, 1.82) is 0 Å². The molecule has 0 saturated heterocycles. The predicted octanol–water partition coefficient (Wildman–Crippen LogP) is 3.32. The average molecular weight is 348 g/mol. The first-order valence-corrected chi connectivity index (χ1v) is 7.05. The van der Waals surface area contributed by atoms with Crippen LogP contribution in [0.5, 0.6) is 0 Å². The van der Waals surface area contributed by atoms with E-state index in [2.05, 4.69) is 38.5 Å². The first-order chi connectivity index (χ1) is 9.13. The van der Waals surface area contributed by atoms with Crippen molar-refractivity contribution in [2.75, 3.05) is 6.54 Å². The summed E-state index contributed by atoms with van der Waals surface area (Å²) in [5.41, 5.74) is 1.46. The van der Waals surface area contributed by atoms with Gasteiger partial charge in [-0.25, -0.2) is 9.07 Å². The van der Waals surface area contributed by atoms with Crippen LogP contribution < -0.4 is 5.32 Å². The molecule has 19 heavy (non-hydrogen) atoms. The third-order valence-corrected chi connectivity index (χ3v) is 3.44. The minimum absolute atomic E-state index is 0.286. The first kappa shape index (κ1) is 14.4. The molecule has 2 rings (SSSR count). The van der Waals surface area contributed by atoms with Crippen molar-refractivity contribution in [3.8, 4) is 5.69 Å². The Hall–Kier alpha value is -0.980. The largest absolute Gasteiger partial charge is 0.311 e. The molecule has 7 heteroatoms. The Labute approximate surface area is 124 Å². The van der Waals surface area contributed by atoms with E-state index in [-0.39, 0.29) is 5.02 Å². The lowest BCUT2D eigenvalue weighted by Crippen LogP contribution is -2.17. The number of rotatable bonds is 5. The second-order valence-electron chi connectivity index (χ2n) is 4.03. The summed E-state index contributed by atoms with van der Waals surface area (Å²) < 4.78 is 15.4. The summed E-state index contributed by atoms with van der Waals surface area (Å²) in [4.78, 5) is 0. The highest BCUT2D eigenvalue weighted by molar-refractivity contribution is 9.10. The molecule has 0 atom stereocenters. The predicted molar refractivity (Wildman–Crippen MR) is 76.0 cm³/mol. The number of nitrogens with one attached hydrogen (secondary N) is 1. The molecule has 0 spiro atoms. The highest BCUT2D eigenvalue weighted by Crippen LogP contribution is 2.30. The highest BCUT2D eigenvalue weighted by Gasteiger charge is 2.14. The third-order valence-electron chi connectivity index (χ3n) is 2.55. The SMILES string of the molecule is CCCNCc1cnnn1-c1c(Cl)cc(F)cc1Br. The van der Waals surface area contributed by atoms with Gasteiger partial charge < -0.3 is 5.32 Å². The summed E-state index contributed by atoms with van der Waals surface area (Å²) in [5, 5.41) is 11.4. The van der Waals surface area contributed by atoms with Gasteiger partial charge in [-0.3, -0.25) is 0 Å². The third kappa shape index (κ3) is 3.32. The smallest absolute Gasteiger partial charge is 0.125 e. The highest BCUT2D eigenvalue weighted by atomic mass is 79.9. The zero-order chi connectivity index (χ0) is 13.8. The molecule has 2 aromatic rings. The Morgan fingerprint density at radius 2 is 2.26 bits per heavy atom. The lowest BCUT2D eigenvalue weighted by molar-refractivity contribution is 0.622. The van der Waals surface area contributed by atoms with Crippen LogP contribution in [0.3, 0.4) is 0 Å². The van der Waals surface area contributed by atoms with Crippen LogP contribution >= 0.6 is 27.5 Å². The van der Waals surface area contributed by atoms with Gasteiger partial charge in [-0.1, -0.05) is 23.7 Å². The number of benzene rings is 1. The van der Waals surface area contributed by atoms with Crippen LogP contribution in [0, 0.1) is 5.82 Å². The number of halogens is 3. The fourth-order valence-corrected chi connectivity index (χ4v) is 2.70. The standard InChI is InChI=1S/C12H13BrClFN4/c1-2-3-16-6-9-7-17-18-19(9)12-10(13)4-8(15)5-11(12)14/h4-5,7,16H,2-3,6H2,1H3. The van der Waals surface area contributed by atoms with Crippen LogP contribution in [0.2, 0.25) is 5.02 Å². The van der Waals surface area contributed by atoms with E-state index >= 15 is 0 Å². The summed E-state index contributed by atoms with van der Waals surface area (Å²) in [6.07, 6.45) is 2.71. The molecule has 1 heterocycles. The average Bonchev–Trinajstić information content (AvgIpc) is 2.76. The molecule has 0 bridgehead atoms. The molecule has 0 aliphatic carbocycles. The van der Waals surface area contributed by atoms with Crippen LogP contribution in [0.15, 0.2) is 22.8 Å². The number of hydrogen-bond donors (Lipinski definition) is 1. The van der Waals surface area contributed by atoms with Crippen LogP contribution in [0.1, 0.15) is 19.0 Å². The number of nitrogens with zero attached hydrogens (tertiary/aromatic N) is 3. The van der Waals surface area contributed by atoms with Gasteiger partial charge in [0.15, 0.2) is 0 Å². The van der Waals surface area contributed by atoms with Gasteiger partial charge in [0.05, 0.1) is 22.6 Å². The van der Waals surface area contributed by atoms with Gasteiger partial charge in [-0.05, 0) is 41.0 Å². The zero-order valence-electron chi connectivity index (χ0n) is 10.3. The zero-order valence-corrected chi connectivity index (χ0v) is 12.7. The summed E-state index contributed by atoms with van der Waals surface area (Å²) in [6.45, 7) is 3.63. The van der Waals surface area contributed by atoms with Crippen molar-refractivity contribution >= 4 is 27.5 Å². The van der Waals surface area contributed by atoms with Crippen molar-refractivity contribution in [1.82, 2.24) is 20.3 Å². The van der Waals surface area contributed by atoms with Crippen LogP contribution in [-0.2, 0) is 6.54 Å². The molecular weight excluding hydrogens is 335 g/mol. The topological polar surface area (TPSA) is 42.7 Å². The molecule has 0 aliphatic heterocycles. The van der Waals surface area contributed by atoms with E-state index < -0.39 is 5.82 Å². The Bertz CT molecular complexity index is 550. The van der Waals surface area contributed by atoms with Gasteiger partial charge in [0.25, 0.3) is 0 Å². The summed E-state index contributed by atoms with van der Waals surface area (Å²) >= 11 is 9.38. The molecule has 0 amide bonds. The number of aromatic nitrogens is 3. The molecule has 0 radical (unpaired) electrons. The molecular formula is C12H13BrClFN4. The van der Waals surface area contributed by atoms with E-state index in [9.17, 15) is 4.39 Å².